The number of hydrogen-bond acceptors (Lipinski definition) is 1. The van der Waals surface area contributed by atoms with Gasteiger partial charge in [-0.15, -0.1) is 0 Å². The highest BCUT2D eigenvalue weighted by Gasteiger charge is 2.06. The van der Waals surface area contributed by atoms with E-state index in [0.717, 1.165) is 5.69 Å². The molecule has 0 bridgehead atoms. The van der Waals surface area contributed by atoms with Crippen molar-refractivity contribution < 1.29 is 0 Å². The molecule has 0 radical (unpaired) electrons. The van der Waals surface area contributed by atoms with E-state index in [-0.39, 0.29) is 0 Å². The predicted octanol–water partition coefficient (Wildman–Crippen LogP) is 2.96. The SMILES string of the molecule is Cc1ccc(C2=CCCC2)nc1. The quantitative estimate of drug-likeness (QED) is 0.614. The maximum atomic E-state index is 4.39. The van der Waals surface area contributed by atoms with Crippen LogP contribution in [0.5, 0.6) is 0 Å². The van der Waals surface area contributed by atoms with E-state index in [1.54, 1.807) is 0 Å². The third-order valence-electron chi connectivity index (χ3n) is 2.28. The van der Waals surface area contributed by atoms with E-state index < -0.39 is 0 Å². The summed E-state index contributed by atoms with van der Waals surface area (Å²) >= 11 is 0. The molecule has 0 aromatic carbocycles. The van der Waals surface area contributed by atoms with E-state index in [1.807, 2.05) is 6.20 Å². The molecule has 0 saturated heterocycles. The van der Waals surface area contributed by atoms with E-state index in [1.165, 1.54) is 30.4 Å². The highest BCUT2D eigenvalue weighted by molar-refractivity contribution is 5.64. The Hall–Kier alpha value is -1.11. The van der Waals surface area contributed by atoms with Crippen molar-refractivity contribution in [2.24, 2.45) is 0 Å². The minimum absolute atomic E-state index is 1.16. The Labute approximate surface area is 73.1 Å². The zero-order valence-electron chi connectivity index (χ0n) is 7.38. The molecule has 12 heavy (non-hydrogen) atoms. The Balaban J connectivity index is 2.28. The van der Waals surface area contributed by atoms with Gasteiger partial charge in [-0.05, 0) is 43.4 Å². The van der Waals surface area contributed by atoms with Gasteiger partial charge in [0.1, 0.15) is 0 Å². The van der Waals surface area contributed by atoms with Crippen molar-refractivity contribution >= 4 is 5.57 Å². The zero-order valence-corrected chi connectivity index (χ0v) is 7.38. The van der Waals surface area contributed by atoms with Crippen molar-refractivity contribution in [1.29, 1.82) is 0 Å². The fraction of sp³-hybridized carbons (Fsp3) is 0.364. The van der Waals surface area contributed by atoms with Crippen molar-refractivity contribution in [3.05, 3.63) is 35.7 Å². The lowest BCUT2D eigenvalue weighted by molar-refractivity contribution is 0.932. The van der Waals surface area contributed by atoms with Crippen LogP contribution in [0.3, 0.4) is 0 Å². The number of pyridine rings is 1. The summed E-state index contributed by atoms with van der Waals surface area (Å²) in [6.07, 6.45) is 7.97. The van der Waals surface area contributed by atoms with Crippen LogP contribution in [-0.2, 0) is 0 Å². The topological polar surface area (TPSA) is 12.9 Å². The summed E-state index contributed by atoms with van der Waals surface area (Å²) in [4.78, 5) is 4.39. The molecule has 1 heterocycles. The minimum atomic E-state index is 1.16. The molecule has 0 amide bonds. The van der Waals surface area contributed by atoms with Crippen LogP contribution in [0.2, 0.25) is 0 Å². The summed E-state index contributed by atoms with van der Waals surface area (Å²) in [5.74, 6) is 0. The summed E-state index contributed by atoms with van der Waals surface area (Å²) in [6, 6.07) is 4.24. The lowest BCUT2D eigenvalue weighted by Crippen LogP contribution is -1.86. The van der Waals surface area contributed by atoms with E-state index in [4.69, 9.17) is 0 Å². The van der Waals surface area contributed by atoms with Crippen LogP contribution in [0.15, 0.2) is 24.4 Å². The van der Waals surface area contributed by atoms with Crippen LogP contribution in [0.4, 0.5) is 0 Å². The summed E-state index contributed by atoms with van der Waals surface area (Å²) < 4.78 is 0. The largest absolute Gasteiger partial charge is 0.256 e. The van der Waals surface area contributed by atoms with Crippen molar-refractivity contribution in [1.82, 2.24) is 4.98 Å². The number of allylic oxidation sites excluding steroid dienone is 2. The minimum Gasteiger partial charge on any atom is -0.256 e. The number of nitrogens with zero attached hydrogens (tertiary/aromatic N) is 1. The Bertz CT molecular complexity index is 295. The van der Waals surface area contributed by atoms with Crippen molar-refractivity contribution in [2.75, 3.05) is 0 Å². The second-order valence-corrected chi connectivity index (χ2v) is 3.34. The van der Waals surface area contributed by atoms with E-state index in [2.05, 4.69) is 30.1 Å². The van der Waals surface area contributed by atoms with Crippen molar-refractivity contribution in [3.63, 3.8) is 0 Å². The lowest BCUT2D eigenvalue weighted by atomic mass is 10.1. The van der Waals surface area contributed by atoms with Gasteiger partial charge in [0.25, 0.3) is 0 Å². The van der Waals surface area contributed by atoms with Crippen LogP contribution in [0, 0.1) is 6.92 Å². The summed E-state index contributed by atoms with van der Waals surface area (Å²) in [5, 5.41) is 0. The summed E-state index contributed by atoms with van der Waals surface area (Å²) in [6.45, 7) is 2.07. The van der Waals surface area contributed by atoms with E-state index in [0.29, 0.717) is 0 Å². The molecular formula is C11H13N. The fourth-order valence-electron chi connectivity index (χ4n) is 1.56. The highest BCUT2D eigenvalue weighted by atomic mass is 14.7. The van der Waals surface area contributed by atoms with Crippen LogP contribution in [-0.4, -0.2) is 4.98 Å². The van der Waals surface area contributed by atoms with Gasteiger partial charge in [0, 0.05) is 6.20 Å². The fourth-order valence-corrected chi connectivity index (χ4v) is 1.56. The molecule has 0 aliphatic heterocycles. The molecule has 1 nitrogen and oxygen atoms in total. The second kappa shape index (κ2) is 3.10. The third-order valence-corrected chi connectivity index (χ3v) is 2.28. The molecule has 62 valence electrons. The van der Waals surface area contributed by atoms with Gasteiger partial charge in [0.2, 0.25) is 0 Å². The van der Waals surface area contributed by atoms with Gasteiger partial charge in [-0.2, -0.15) is 0 Å². The summed E-state index contributed by atoms with van der Waals surface area (Å²) in [5.41, 5.74) is 3.82. The van der Waals surface area contributed by atoms with Gasteiger partial charge in [-0.1, -0.05) is 12.1 Å². The molecule has 0 spiro atoms. The smallest absolute Gasteiger partial charge is 0.0658 e. The molecule has 2 rings (SSSR count). The molecular weight excluding hydrogens is 146 g/mol. The molecule has 0 saturated carbocycles. The first-order valence-electron chi connectivity index (χ1n) is 4.48. The third kappa shape index (κ3) is 1.40. The van der Waals surface area contributed by atoms with Crippen LogP contribution < -0.4 is 0 Å². The molecule has 1 aromatic rings. The first-order valence-corrected chi connectivity index (χ1v) is 4.48. The second-order valence-electron chi connectivity index (χ2n) is 3.34. The predicted molar refractivity (Wildman–Crippen MR) is 50.8 cm³/mol. The number of aromatic nitrogens is 1. The van der Waals surface area contributed by atoms with Gasteiger partial charge in [-0.3, -0.25) is 4.98 Å². The lowest BCUT2D eigenvalue weighted by Gasteiger charge is -2.00. The summed E-state index contributed by atoms with van der Waals surface area (Å²) in [7, 11) is 0. The molecule has 0 fully saturated rings. The Morgan fingerprint density at radius 1 is 1.33 bits per heavy atom. The molecule has 1 heteroatoms. The van der Waals surface area contributed by atoms with Gasteiger partial charge < -0.3 is 0 Å². The molecule has 1 aromatic heterocycles. The average Bonchev–Trinajstić information content (AvgIpc) is 2.58. The molecule has 1 aliphatic rings. The average molecular weight is 159 g/mol. The van der Waals surface area contributed by atoms with Crippen LogP contribution in [0.25, 0.3) is 5.57 Å². The van der Waals surface area contributed by atoms with Gasteiger partial charge >= 0.3 is 0 Å². The maximum absolute atomic E-state index is 4.39. The first kappa shape index (κ1) is 7.53. The molecule has 0 N–H and O–H groups in total. The standard InChI is InChI=1S/C11H13N/c1-9-6-7-11(12-8-9)10-4-2-3-5-10/h4,6-8H,2-3,5H2,1H3. The van der Waals surface area contributed by atoms with Crippen molar-refractivity contribution in [2.45, 2.75) is 26.2 Å². The van der Waals surface area contributed by atoms with Crippen molar-refractivity contribution in [3.8, 4) is 0 Å². The highest BCUT2D eigenvalue weighted by Crippen LogP contribution is 2.25. The molecule has 0 unspecified atom stereocenters. The van der Waals surface area contributed by atoms with Crippen LogP contribution >= 0.6 is 0 Å². The first-order chi connectivity index (χ1) is 5.86. The van der Waals surface area contributed by atoms with Gasteiger partial charge in [0.05, 0.1) is 5.69 Å². The number of hydrogen-bond donors (Lipinski definition) is 0. The monoisotopic (exact) mass is 159 g/mol. The molecule has 1 aliphatic carbocycles. The van der Waals surface area contributed by atoms with E-state index >= 15 is 0 Å². The molecule has 0 atom stereocenters. The van der Waals surface area contributed by atoms with Crippen LogP contribution in [0.1, 0.15) is 30.5 Å². The zero-order chi connectivity index (χ0) is 8.39. The number of rotatable bonds is 1. The van der Waals surface area contributed by atoms with Gasteiger partial charge in [0.15, 0.2) is 0 Å². The van der Waals surface area contributed by atoms with E-state index in [9.17, 15) is 0 Å². The Morgan fingerprint density at radius 2 is 2.25 bits per heavy atom. The maximum Gasteiger partial charge on any atom is 0.0658 e. The number of aryl methyl sites for hydroxylation is 1. The normalized spacial score (nSPS) is 16.2. The Morgan fingerprint density at radius 3 is 2.83 bits per heavy atom. The Kier molecular flexibility index (Phi) is 1.94. The van der Waals surface area contributed by atoms with Gasteiger partial charge in [-0.25, -0.2) is 0 Å².